The highest BCUT2D eigenvalue weighted by atomic mass is 16.5. The lowest BCUT2D eigenvalue weighted by molar-refractivity contribution is -0.127. The van der Waals surface area contributed by atoms with E-state index in [2.05, 4.69) is 17.1 Å². The third-order valence-corrected chi connectivity index (χ3v) is 4.75. The number of rotatable bonds is 6. The van der Waals surface area contributed by atoms with E-state index in [0.29, 0.717) is 19.0 Å². The van der Waals surface area contributed by atoms with Crippen molar-refractivity contribution in [1.29, 1.82) is 0 Å². The van der Waals surface area contributed by atoms with Crippen LogP contribution in [0.1, 0.15) is 25.8 Å². The van der Waals surface area contributed by atoms with Gasteiger partial charge in [0.1, 0.15) is 5.75 Å². The van der Waals surface area contributed by atoms with E-state index < -0.39 is 0 Å². The van der Waals surface area contributed by atoms with Crippen molar-refractivity contribution in [2.45, 2.75) is 38.8 Å². The van der Waals surface area contributed by atoms with Crippen LogP contribution in [0.3, 0.4) is 0 Å². The Balaban J connectivity index is 1.75. The fourth-order valence-corrected chi connectivity index (χ4v) is 2.86. The van der Waals surface area contributed by atoms with Gasteiger partial charge in [-0.25, -0.2) is 0 Å². The van der Waals surface area contributed by atoms with Gasteiger partial charge in [0, 0.05) is 13.1 Å². The summed E-state index contributed by atoms with van der Waals surface area (Å²) >= 11 is 0. The van der Waals surface area contributed by atoms with Crippen LogP contribution in [0.2, 0.25) is 0 Å². The number of nitrogens with zero attached hydrogens (tertiary/aromatic N) is 1. The number of benzene rings is 1. The standard InChI is InChI=1S/C18H28N2O3/c1-13-9-11-20(12-17(13)21)14(2)18(22)19-10-8-15-4-6-16(23-3)7-5-15/h4-7,13-14,17,21H,8-12H2,1-3H3,(H,19,22). The predicted octanol–water partition coefficient (Wildman–Crippen LogP) is 1.45. The summed E-state index contributed by atoms with van der Waals surface area (Å²) in [6.07, 6.45) is 1.39. The smallest absolute Gasteiger partial charge is 0.237 e. The summed E-state index contributed by atoms with van der Waals surface area (Å²) < 4.78 is 5.13. The maximum atomic E-state index is 12.3. The van der Waals surface area contributed by atoms with Crippen molar-refractivity contribution in [3.05, 3.63) is 29.8 Å². The molecule has 1 aliphatic rings. The molecule has 5 heteroatoms. The van der Waals surface area contributed by atoms with E-state index >= 15 is 0 Å². The molecule has 0 aliphatic carbocycles. The average molecular weight is 320 g/mol. The zero-order valence-electron chi connectivity index (χ0n) is 14.3. The predicted molar refractivity (Wildman–Crippen MR) is 90.5 cm³/mol. The molecule has 1 aliphatic heterocycles. The monoisotopic (exact) mass is 320 g/mol. The van der Waals surface area contributed by atoms with E-state index in [1.54, 1.807) is 7.11 Å². The van der Waals surface area contributed by atoms with E-state index in [4.69, 9.17) is 4.74 Å². The van der Waals surface area contributed by atoms with E-state index in [1.807, 2.05) is 31.2 Å². The van der Waals surface area contributed by atoms with E-state index in [1.165, 1.54) is 5.56 Å². The van der Waals surface area contributed by atoms with Crippen molar-refractivity contribution in [2.75, 3.05) is 26.7 Å². The SMILES string of the molecule is COc1ccc(CCNC(=O)C(C)N2CCC(C)C(O)C2)cc1. The minimum Gasteiger partial charge on any atom is -0.497 e. The third kappa shape index (κ3) is 4.94. The molecule has 0 aromatic heterocycles. The zero-order valence-corrected chi connectivity index (χ0v) is 14.3. The molecule has 1 aromatic rings. The van der Waals surface area contributed by atoms with Crippen molar-refractivity contribution >= 4 is 5.91 Å². The van der Waals surface area contributed by atoms with E-state index in [9.17, 15) is 9.90 Å². The quantitative estimate of drug-likeness (QED) is 0.833. The second-order valence-electron chi connectivity index (χ2n) is 6.39. The number of carbonyl (C=O) groups excluding carboxylic acids is 1. The lowest BCUT2D eigenvalue weighted by Crippen LogP contribution is -2.52. The summed E-state index contributed by atoms with van der Waals surface area (Å²) in [6, 6.07) is 7.67. The van der Waals surface area contributed by atoms with Gasteiger partial charge in [-0.05, 0) is 49.9 Å². The number of aliphatic hydroxyl groups is 1. The summed E-state index contributed by atoms with van der Waals surface area (Å²) in [5.74, 6) is 1.18. The number of β-amino-alcohol motifs (C(OH)–C–C–N with tert-alkyl or cyclic N) is 1. The molecule has 5 nitrogen and oxygen atoms in total. The molecule has 1 amide bonds. The molecule has 1 heterocycles. The first-order chi connectivity index (χ1) is 11.0. The minimum atomic E-state index is -0.335. The van der Waals surface area contributed by atoms with Crippen LogP contribution < -0.4 is 10.1 Å². The van der Waals surface area contributed by atoms with Crippen molar-refractivity contribution in [3.8, 4) is 5.75 Å². The number of piperidine rings is 1. The molecule has 3 atom stereocenters. The highest BCUT2D eigenvalue weighted by Gasteiger charge is 2.29. The molecule has 0 bridgehead atoms. The fraction of sp³-hybridized carbons (Fsp3) is 0.611. The molecule has 1 saturated heterocycles. The van der Waals surface area contributed by atoms with Gasteiger partial charge in [-0.1, -0.05) is 19.1 Å². The number of methoxy groups -OCH3 is 1. The van der Waals surface area contributed by atoms with Gasteiger partial charge in [-0.2, -0.15) is 0 Å². The molecular weight excluding hydrogens is 292 g/mol. The molecule has 128 valence electrons. The first-order valence-electron chi connectivity index (χ1n) is 8.34. The summed E-state index contributed by atoms with van der Waals surface area (Å²) in [7, 11) is 1.65. The highest BCUT2D eigenvalue weighted by Crippen LogP contribution is 2.18. The van der Waals surface area contributed by atoms with Gasteiger partial charge in [0.05, 0.1) is 19.3 Å². The number of hydrogen-bond acceptors (Lipinski definition) is 4. The molecule has 2 rings (SSSR count). The van der Waals surface area contributed by atoms with Crippen LogP contribution in [-0.2, 0) is 11.2 Å². The van der Waals surface area contributed by atoms with E-state index in [0.717, 1.165) is 25.1 Å². The van der Waals surface area contributed by atoms with Crippen LogP contribution in [0.4, 0.5) is 0 Å². The molecule has 0 spiro atoms. The van der Waals surface area contributed by atoms with Gasteiger partial charge in [0.25, 0.3) is 0 Å². The summed E-state index contributed by atoms with van der Waals surface area (Å²) in [4.78, 5) is 14.3. The number of nitrogens with one attached hydrogen (secondary N) is 1. The second-order valence-corrected chi connectivity index (χ2v) is 6.39. The van der Waals surface area contributed by atoms with Gasteiger partial charge in [-0.3, -0.25) is 9.69 Å². The molecule has 1 aromatic carbocycles. The number of hydrogen-bond donors (Lipinski definition) is 2. The van der Waals surface area contributed by atoms with Gasteiger partial charge < -0.3 is 15.2 Å². The van der Waals surface area contributed by atoms with Crippen molar-refractivity contribution in [1.82, 2.24) is 10.2 Å². The number of likely N-dealkylation sites (tertiary alicyclic amines) is 1. The van der Waals surface area contributed by atoms with E-state index in [-0.39, 0.29) is 18.1 Å². The molecule has 23 heavy (non-hydrogen) atoms. The van der Waals surface area contributed by atoms with Gasteiger partial charge >= 0.3 is 0 Å². The van der Waals surface area contributed by atoms with Crippen LogP contribution in [0.5, 0.6) is 5.75 Å². The summed E-state index contributed by atoms with van der Waals surface area (Å²) in [5, 5.41) is 13.0. The van der Waals surface area contributed by atoms with Crippen molar-refractivity contribution in [3.63, 3.8) is 0 Å². The van der Waals surface area contributed by atoms with Gasteiger partial charge in [0.2, 0.25) is 5.91 Å². The Bertz CT molecular complexity index is 503. The Kier molecular flexibility index (Phi) is 6.42. The van der Waals surface area contributed by atoms with Gasteiger partial charge in [0.15, 0.2) is 0 Å². The third-order valence-electron chi connectivity index (χ3n) is 4.75. The first-order valence-corrected chi connectivity index (χ1v) is 8.34. The van der Waals surface area contributed by atoms with Crippen LogP contribution in [0.25, 0.3) is 0 Å². The largest absolute Gasteiger partial charge is 0.497 e. The molecule has 0 saturated carbocycles. The van der Waals surface area contributed by atoms with Crippen LogP contribution in [0, 0.1) is 5.92 Å². The topological polar surface area (TPSA) is 61.8 Å². The maximum absolute atomic E-state index is 12.3. The fourth-order valence-electron chi connectivity index (χ4n) is 2.86. The Morgan fingerprint density at radius 3 is 2.74 bits per heavy atom. The van der Waals surface area contributed by atoms with Crippen molar-refractivity contribution in [2.24, 2.45) is 5.92 Å². The highest BCUT2D eigenvalue weighted by molar-refractivity contribution is 5.81. The zero-order chi connectivity index (χ0) is 16.8. The van der Waals surface area contributed by atoms with Crippen LogP contribution >= 0.6 is 0 Å². The Labute approximate surface area is 138 Å². The van der Waals surface area contributed by atoms with Crippen LogP contribution in [-0.4, -0.2) is 54.8 Å². The Morgan fingerprint density at radius 1 is 1.43 bits per heavy atom. The average Bonchev–Trinajstić information content (AvgIpc) is 2.57. The first kappa shape index (κ1) is 17.8. The lowest BCUT2D eigenvalue weighted by atomic mass is 9.95. The molecule has 1 fully saturated rings. The number of aliphatic hydroxyl groups excluding tert-OH is 1. The summed E-state index contributed by atoms with van der Waals surface area (Å²) in [5.41, 5.74) is 1.17. The molecule has 3 unspecified atom stereocenters. The van der Waals surface area contributed by atoms with Crippen LogP contribution in [0.15, 0.2) is 24.3 Å². The lowest BCUT2D eigenvalue weighted by Gasteiger charge is -2.37. The normalized spacial score (nSPS) is 23.3. The molecule has 2 N–H and O–H groups in total. The van der Waals surface area contributed by atoms with Gasteiger partial charge in [-0.15, -0.1) is 0 Å². The molecular formula is C18H28N2O3. The Morgan fingerprint density at radius 2 is 2.13 bits per heavy atom. The molecule has 0 radical (unpaired) electrons. The Hall–Kier alpha value is -1.59. The second kappa shape index (κ2) is 8.31. The summed E-state index contributed by atoms with van der Waals surface area (Å²) in [6.45, 7) is 6.02. The minimum absolute atomic E-state index is 0.0280. The number of amides is 1. The number of carbonyl (C=O) groups is 1. The maximum Gasteiger partial charge on any atom is 0.237 e. The number of ether oxygens (including phenoxy) is 1. The van der Waals surface area contributed by atoms with Crippen molar-refractivity contribution < 1.29 is 14.6 Å².